The maximum atomic E-state index is 5.38. The average molecular weight is 742 g/mol. The molecule has 10 aromatic carbocycles. The van der Waals surface area contributed by atoms with Crippen molar-refractivity contribution in [2.75, 3.05) is 0 Å². The van der Waals surface area contributed by atoms with Crippen LogP contribution in [0.25, 0.3) is 119 Å². The number of hydrogen-bond donors (Lipinski definition) is 0. The summed E-state index contributed by atoms with van der Waals surface area (Å²) in [7, 11) is 0. The molecule has 0 saturated heterocycles. The number of benzene rings is 10. The minimum Gasteiger partial charge on any atom is -0.208 e. The zero-order chi connectivity index (χ0) is 37.5. The minimum absolute atomic E-state index is 0.642. The summed E-state index contributed by atoms with van der Waals surface area (Å²) in [4.78, 5) is 16.0. The van der Waals surface area contributed by atoms with E-state index < -0.39 is 0 Å². The van der Waals surface area contributed by atoms with E-state index in [1.54, 1.807) is 0 Å². The maximum Gasteiger partial charge on any atom is 0.164 e. The summed E-state index contributed by atoms with van der Waals surface area (Å²) in [6.45, 7) is 0. The second-order valence-corrected chi connectivity index (χ2v) is 15.8. The summed E-state index contributed by atoms with van der Waals surface area (Å²) >= 11 is 1.86. The van der Waals surface area contributed by atoms with Crippen LogP contribution >= 0.6 is 11.3 Å². The van der Waals surface area contributed by atoms with Gasteiger partial charge < -0.3 is 0 Å². The lowest BCUT2D eigenvalue weighted by Crippen LogP contribution is -2.01. The zero-order valence-electron chi connectivity index (χ0n) is 30.6. The highest BCUT2D eigenvalue weighted by Crippen LogP contribution is 2.48. The molecule has 0 spiro atoms. The van der Waals surface area contributed by atoms with E-state index in [1.807, 2.05) is 11.3 Å². The van der Waals surface area contributed by atoms with Crippen molar-refractivity contribution in [2.24, 2.45) is 0 Å². The molecule has 3 nitrogen and oxygen atoms in total. The van der Waals surface area contributed by atoms with Crippen molar-refractivity contribution in [1.82, 2.24) is 15.0 Å². The molecule has 0 atom stereocenters. The Balaban J connectivity index is 1.14. The van der Waals surface area contributed by atoms with Gasteiger partial charge in [0, 0.05) is 42.2 Å². The molecule has 12 rings (SSSR count). The van der Waals surface area contributed by atoms with Gasteiger partial charge in [0.15, 0.2) is 17.5 Å². The molecule has 4 heteroatoms. The third-order valence-electron chi connectivity index (χ3n) is 11.5. The Kier molecular flexibility index (Phi) is 7.10. The SMILES string of the molecule is c1ccc2cc(-c3nc(-c4ccc(-c5cccc6ccccc56)cc4)nc(-c4cc5ccc6ccccc6c5c5sc6ccc7ccccc7c6c45)n3)ccc2c1. The highest BCUT2D eigenvalue weighted by molar-refractivity contribution is 7.27. The second-order valence-electron chi connectivity index (χ2n) is 14.7. The molecule has 0 saturated carbocycles. The van der Waals surface area contributed by atoms with Crippen LogP contribution in [0.1, 0.15) is 0 Å². The first-order chi connectivity index (χ1) is 28.2. The third-order valence-corrected chi connectivity index (χ3v) is 12.6. The molecular weight excluding hydrogens is 711 g/mol. The van der Waals surface area contributed by atoms with Crippen molar-refractivity contribution in [3.8, 4) is 45.3 Å². The summed E-state index contributed by atoms with van der Waals surface area (Å²) in [5.74, 6) is 1.95. The number of rotatable bonds is 4. The van der Waals surface area contributed by atoms with Gasteiger partial charge in [0.1, 0.15) is 0 Å². The Morgan fingerprint density at radius 1 is 0.298 bits per heavy atom. The third kappa shape index (κ3) is 5.15. The van der Waals surface area contributed by atoms with Crippen LogP contribution in [-0.4, -0.2) is 15.0 Å². The molecule has 0 fully saturated rings. The van der Waals surface area contributed by atoms with Crippen molar-refractivity contribution in [1.29, 1.82) is 0 Å². The predicted octanol–water partition coefficient (Wildman–Crippen LogP) is 14.7. The fourth-order valence-electron chi connectivity index (χ4n) is 8.73. The molecule has 57 heavy (non-hydrogen) atoms. The fourth-order valence-corrected chi connectivity index (χ4v) is 10.0. The van der Waals surface area contributed by atoms with E-state index in [0.717, 1.165) is 27.6 Å². The molecular formula is C53H31N3S. The van der Waals surface area contributed by atoms with Gasteiger partial charge in [0.2, 0.25) is 0 Å². The quantitative estimate of drug-likeness (QED) is 0.169. The number of nitrogens with zero attached hydrogens (tertiary/aromatic N) is 3. The molecule has 2 heterocycles. The van der Waals surface area contributed by atoms with E-state index in [-0.39, 0.29) is 0 Å². The molecule has 0 aliphatic heterocycles. The summed E-state index contributed by atoms with van der Waals surface area (Å²) in [5.41, 5.74) is 5.26. The van der Waals surface area contributed by atoms with Gasteiger partial charge in [-0.3, -0.25) is 0 Å². The Hall–Kier alpha value is -7.27. The van der Waals surface area contributed by atoms with Crippen LogP contribution in [0.4, 0.5) is 0 Å². The molecule has 0 radical (unpaired) electrons. The largest absolute Gasteiger partial charge is 0.208 e. The molecule has 0 N–H and O–H groups in total. The number of hydrogen-bond acceptors (Lipinski definition) is 4. The molecule has 0 bridgehead atoms. The van der Waals surface area contributed by atoms with E-state index in [2.05, 4.69) is 188 Å². The first kappa shape index (κ1) is 32.0. The molecule has 0 unspecified atom stereocenters. The lowest BCUT2D eigenvalue weighted by Gasteiger charge is -2.13. The lowest BCUT2D eigenvalue weighted by molar-refractivity contribution is 1.08. The second kappa shape index (κ2) is 12.6. The van der Waals surface area contributed by atoms with Crippen molar-refractivity contribution in [3.63, 3.8) is 0 Å². The first-order valence-corrected chi connectivity index (χ1v) is 20.1. The smallest absolute Gasteiger partial charge is 0.164 e. The molecule has 2 aromatic heterocycles. The highest BCUT2D eigenvalue weighted by atomic mass is 32.1. The van der Waals surface area contributed by atoms with Crippen LogP contribution < -0.4 is 0 Å². The molecule has 0 aliphatic carbocycles. The van der Waals surface area contributed by atoms with E-state index in [4.69, 9.17) is 15.0 Å². The Morgan fingerprint density at radius 2 is 0.825 bits per heavy atom. The number of fused-ring (bicyclic) bond motifs is 11. The Bertz CT molecular complexity index is 3580. The molecule has 12 aromatic rings. The molecule has 0 aliphatic rings. The van der Waals surface area contributed by atoms with E-state index in [1.165, 1.54) is 74.2 Å². The van der Waals surface area contributed by atoms with Crippen LogP contribution in [0, 0.1) is 0 Å². The van der Waals surface area contributed by atoms with Gasteiger partial charge in [0.05, 0.1) is 0 Å². The normalized spacial score (nSPS) is 11.9. The topological polar surface area (TPSA) is 38.7 Å². The first-order valence-electron chi connectivity index (χ1n) is 19.3. The molecule has 0 amide bonds. The van der Waals surface area contributed by atoms with Crippen LogP contribution in [0.3, 0.4) is 0 Å². The summed E-state index contributed by atoms with van der Waals surface area (Å²) in [5, 5.41) is 14.6. The van der Waals surface area contributed by atoms with Gasteiger partial charge >= 0.3 is 0 Å². The van der Waals surface area contributed by atoms with Crippen molar-refractivity contribution >= 4 is 85.4 Å². The summed E-state index contributed by atoms with van der Waals surface area (Å²) in [6, 6.07) is 67.4. The number of aromatic nitrogens is 3. The van der Waals surface area contributed by atoms with E-state index in [0.29, 0.717) is 17.5 Å². The average Bonchev–Trinajstić information content (AvgIpc) is 3.68. The van der Waals surface area contributed by atoms with Gasteiger partial charge in [-0.2, -0.15) is 0 Å². The van der Waals surface area contributed by atoms with Crippen molar-refractivity contribution < 1.29 is 0 Å². The van der Waals surface area contributed by atoms with Crippen LogP contribution in [0.5, 0.6) is 0 Å². The zero-order valence-corrected chi connectivity index (χ0v) is 31.5. The van der Waals surface area contributed by atoms with Crippen LogP contribution in [-0.2, 0) is 0 Å². The molecule has 264 valence electrons. The summed E-state index contributed by atoms with van der Waals surface area (Å²) in [6.07, 6.45) is 0. The van der Waals surface area contributed by atoms with Gasteiger partial charge in [0.25, 0.3) is 0 Å². The van der Waals surface area contributed by atoms with Crippen molar-refractivity contribution in [3.05, 3.63) is 188 Å². The van der Waals surface area contributed by atoms with Gasteiger partial charge in [-0.25, -0.2) is 15.0 Å². The maximum absolute atomic E-state index is 5.38. The van der Waals surface area contributed by atoms with Gasteiger partial charge in [-0.05, 0) is 77.8 Å². The Labute approximate surface area is 332 Å². The number of thiophene rings is 1. The fraction of sp³-hybridized carbons (Fsp3) is 0. The van der Waals surface area contributed by atoms with Gasteiger partial charge in [-0.15, -0.1) is 11.3 Å². The van der Waals surface area contributed by atoms with Crippen molar-refractivity contribution in [2.45, 2.75) is 0 Å². The van der Waals surface area contributed by atoms with Crippen LogP contribution in [0.15, 0.2) is 188 Å². The van der Waals surface area contributed by atoms with E-state index in [9.17, 15) is 0 Å². The monoisotopic (exact) mass is 741 g/mol. The Morgan fingerprint density at radius 3 is 1.60 bits per heavy atom. The van der Waals surface area contributed by atoms with Gasteiger partial charge in [-0.1, -0.05) is 170 Å². The van der Waals surface area contributed by atoms with E-state index >= 15 is 0 Å². The lowest BCUT2D eigenvalue weighted by atomic mass is 9.94. The minimum atomic E-state index is 0.642. The standard InChI is InChI=1S/C53H31N3S/c1-2-14-38-30-40(27-20-32(38)10-1)52-54-51(37-24-21-36(22-25-37)42-19-9-15-33-11-3-6-16-41(33)42)55-53(56-52)45-31-39-26-23-34-12-4-7-17-43(34)47(39)50-49(45)48-44-18-8-5-13-35(44)28-29-46(48)57-50/h1-31H. The van der Waals surface area contributed by atoms with Crippen LogP contribution in [0.2, 0.25) is 0 Å². The predicted molar refractivity (Wildman–Crippen MR) is 242 cm³/mol. The highest BCUT2D eigenvalue weighted by Gasteiger charge is 2.22. The summed E-state index contributed by atoms with van der Waals surface area (Å²) < 4.78 is 2.50.